The summed E-state index contributed by atoms with van der Waals surface area (Å²) in [5, 5.41) is 4.16. The molecule has 0 atom stereocenters. The van der Waals surface area contributed by atoms with E-state index >= 15 is 0 Å². The van der Waals surface area contributed by atoms with Crippen molar-refractivity contribution in [3.8, 4) is 0 Å². The first-order chi connectivity index (χ1) is 15.9. The minimum atomic E-state index is -3.24. The van der Waals surface area contributed by atoms with Crippen LogP contribution in [0.25, 0.3) is 11.0 Å². The average molecular weight is 469 g/mol. The van der Waals surface area contributed by atoms with Crippen molar-refractivity contribution in [1.29, 1.82) is 0 Å². The van der Waals surface area contributed by atoms with E-state index in [1.807, 2.05) is 24.1 Å². The zero-order valence-corrected chi connectivity index (χ0v) is 19.4. The van der Waals surface area contributed by atoms with Crippen LogP contribution in [0.1, 0.15) is 26.2 Å². The van der Waals surface area contributed by atoms with Crippen molar-refractivity contribution in [3.63, 3.8) is 0 Å². The first-order valence-corrected chi connectivity index (χ1v) is 13.0. The van der Waals surface area contributed by atoms with E-state index in [1.165, 1.54) is 0 Å². The lowest BCUT2D eigenvalue weighted by Gasteiger charge is -2.43. The molecule has 2 aromatic heterocycles. The highest BCUT2D eigenvalue weighted by Gasteiger charge is 2.53. The second kappa shape index (κ2) is 8.33. The molecule has 174 valence electrons. The zero-order chi connectivity index (χ0) is 23.1. The number of aromatic amines is 1. The van der Waals surface area contributed by atoms with Gasteiger partial charge in [0.15, 0.2) is 9.84 Å². The quantitative estimate of drug-likeness (QED) is 0.548. The summed E-state index contributed by atoms with van der Waals surface area (Å²) in [5.74, 6) is 1.11. The molecular formula is C23H28N6O3S. The van der Waals surface area contributed by atoms with Gasteiger partial charge in [-0.15, -0.1) is 0 Å². The number of nitrogens with one attached hydrogen (secondary N) is 2. The number of sulfone groups is 1. The molecule has 1 aliphatic carbocycles. The van der Waals surface area contributed by atoms with Gasteiger partial charge in [-0.2, -0.15) is 0 Å². The number of fused-ring (bicyclic) bond motifs is 1. The lowest BCUT2D eigenvalue weighted by Crippen LogP contribution is -2.58. The van der Waals surface area contributed by atoms with Crippen LogP contribution < -0.4 is 10.2 Å². The third-order valence-corrected chi connectivity index (χ3v) is 8.48. The standard InChI is InChI=1S/C23H28N6O3S/c1-2-13-33(31,32)18-5-3-17(4-6-18)25-14-20(30)29-12-11-28(15-23(29)8-9-23)22-19-7-10-24-21(19)26-16-27-22/h3-7,10,16,25H,2,8-9,11-15H2,1H3,(H,24,26,27). The number of rotatable bonds is 7. The Morgan fingerprint density at radius 3 is 2.67 bits per heavy atom. The summed E-state index contributed by atoms with van der Waals surface area (Å²) in [6, 6.07) is 8.63. The number of hydrogen-bond donors (Lipinski definition) is 2. The summed E-state index contributed by atoms with van der Waals surface area (Å²) < 4.78 is 24.4. The molecule has 2 N–H and O–H groups in total. The molecule has 0 radical (unpaired) electrons. The van der Waals surface area contributed by atoms with Crippen molar-refractivity contribution in [1.82, 2.24) is 19.9 Å². The van der Waals surface area contributed by atoms with E-state index in [1.54, 1.807) is 30.6 Å². The van der Waals surface area contributed by atoms with Gasteiger partial charge in [-0.05, 0) is 49.6 Å². The monoisotopic (exact) mass is 468 g/mol. The first-order valence-electron chi connectivity index (χ1n) is 11.3. The molecule has 1 aromatic carbocycles. The summed E-state index contributed by atoms with van der Waals surface area (Å²) in [5.41, 5.74) is 1.42. The fourth-order valence-corrected chi connectivity index (χ4v) is 5.99. The number of amides is 1. The molecular weight excluding hydrogens is 440 g/mol. The maximum absolute atomic E-state index is 13.1. The maximum Gasteiger partial charge on any atom is 0.242 e. The molecule has 2 aliphatic rings. The summed E-state index contributed by atoms with van der Waals surface area (Å²) in [4.78, 5) is 29.6. The van der Waals surface area contributed by atoms with Gasteiger partial charge in [0.2, 0.25) is 5.91 Å². The number of H-pyrrole nitrogens is 1. The SMILES string of the molecule is CCCS(=O)(=O)c1ccc(NCC(=O)N2CCN(c3ncnc4[nH]ccc34)CC23CC3)cc1. The Morgan fingerprint density at radius 1 is 1.15 bits per heavy atom. The van der Waals surface area contributed by atoms with E-state index in [9.17, 15) is 13.2 Å². The van der Waals surface area contributed by atoms with Gasteiger partial charge in [0.05, 0.1) is 28.1 Å². The molecule has 10 heteroatoms. The normalized spacial score (nSPS) is 17.5. The van der Waals surface area contributed by atoms with Crippen LogP contribution in [0.4, 0.5) is 11.5 Å². The molecule has 3 aromatic rings. The Bertz CT molecular complexity index is 1270. The van der Waals surface area contributed by atoms with Crippen LogP contribution >= 0.6 is 0 Å². The highest BCUT2D eigenvalue weighted by Crippen LogP contribution is 2.45. The van der Waals surface area contributed by atoms with Crippen molar-refractivity contribution < 1.29 is 13.2 Å². The van der Waals surface area contributed by atoms with Crippen LogP contribution in [-0.4, -0.2) is 71.6 Å². The van der Waals surface area contributed by atoms with Gasteiger partial charge >= 0.3 is 0 Å². The third-order valence-electron chi connectivity index (χ3n) is 6.54. The second-order valence-electron chi connectivity index (χ2n) is 8.83. The molecule has 9 nitrogen and oxygen atoms in total. The molecule has 1 spiro atoms. The van der Waals surface area contributed by atoms with E-state index < -0.39 is 9.84 Å². The van der Waals surface area contributed by atoms with Gasteiger partial charge in [-0.25, -0.2) is 18.4 Å². The number of carbonyl (C=O) groups excluding carboxylic acids is 1. The smallest absolute Gasteiger partial charge is 0.242 e. The lowest BCUT2D eigenvalue weighted by molar-refractivity contribution is -0.132. The number of carbonyl (C=O) groups is 1. The number of benzene rings is 1. The van der Waals surface area contributed by atoms with Gasteiger partial charge in [0, 0.05) is 31.5 Å². The number of anilines is 2. The fourth-order valence-electron chi connectivity index (χ4n) is 4.67. The van der Waals surface area contributed by atoms with Crippen molar-refractivity contribution in [2.45, 2.75) is 36.6 Å². The Morgan fingerprint density at radius 2 is 1.94 bits per heavy atom. The van der Waals surface area contributed by atoms with E-state index in [4.69, 9.17) is 0 Å². The second-order valence-corrected chi connectivity index (χ2v) is 10.9. The molecule has 33 heavy (non-hydrogen) atoms. The largest absolute Gasteiger partial charge is 0.376 e. The minimum Gasteiger partial charge on any atom is -0.376 e. The van der Waals surface area contributed by atoms with E-state index in [0.717, 1.165) is 48.5 Å². The lowest BCUT2D eigenvalue weighted by atomic mass is 10.1. The van der Waals surface area contributed by atoms with E-state index in [0.29, 0.717) is 17.9 Å². The van der Waals surface area contributed by atoms with Crippen LogP contribution in [-0.2, 0) is 14.6 Å². The molecule has 3 heterocycles. The molecule has 0 bridgehead atoms. The number of aromatic nitrogens is 3. The number of piperazine rings is 1. The van der Waals surface area contributed by atoms with Gasteiger partial charge in [0.1, 0.15) is 17.8 Å². The zero-order valence-electron chi connectivity index (χ0n) is 18.6. The highest BCUT2D eigenvalue weighted by molar-refractivity contribution is 7.91. The number of nitrogens with zero attached hydrogens (tertiary/aromatic N) is 4. The number of hydrogen-bond acceptors (Lipinski definition) is 7. The van der Waals surface area contributed by atoms with Crippen LogP contribution in [0, 0.1) is 0 Å². The maximum atomic E-state index is 13.1. The Hall–Kier alpha value is -3.14. The van der Waals surface area contributed by atoms with E-state index in [-0.39, 0.29) is 23.7 Å². The summed E-state index contributed by atoms with van der Waals surface area (Å²) in [6.45, 7) is 4.15. The predicted molar refractivity (Wildman–Crippen MR) is 127 cm³/mol. The van der Waals surface area contributed by atoms with Crippen LogP contribution in [0.3, 0.4) is 0 Å². The Labute approximate surface area is 193 Å². The molecule has 1 aliphatic heterocycles. The summed E-state index contributed by atoms with van der Waals surface area (Å²) in [6.07, 6.45) is 6.00. The van der Waals surface area contributed by atoms with Gasteiger partial charge in [-0.1, -0.05) is 6.92 Å². The molecule has 2 fully saturated rings. The highest BCUT2D eigenvalue weighted by atomic mass is 32.2. The molecule has 1 amide bonds. The molecule has 1 saturated heterocycles. The average Bonchev–Trinajstić information content (AvgIpc) is 3.39. The van der Waals surface area contributed by atoms with Crippen LogP contribution in [0.5, 0.6) is 0 Å². The van der Waals surface area contributed by atoms with Gasteiger partial charge < -0.3 is 20.1 Å². The third kappa shape index (κ3) is 4.15. The topological polar surface area (TPSA) is 111 Å². The van der Waals surface area contributed by atoms with Gasteiger partial charge in [-0.3, -0.25) is 4.79 Å². The Balaban J connectivity index is 1.22. The van der Waals surface area contributed by atoms with Crippen LogP contribution in [0.15, 0.2) is 47.8 Å². The Kier molecular flexibility index (Phi) is 5.48. The minimum absolute atomic E-state index is 0.0595. The molecule has 0 unspecified atom stereocenters. The van der Waals surface area contributed by atoms with Gasteiger partial charge in [0.25, 0.3) is 0 Å². The van der Waals surface area contributed by atoms with Crippen LogP contribution in [0.2, 0.25) is 0 Å². The van der Waals surface area contributed by atoms with Crippen molar-refractivity contribution in [3.05, 3.63) is 42.9 Å². The summed E-state index contributed by atoms with van der Waals surface area (Å²) in [7, 11) is -3.24. The predicted octanol–water partition coefficient (Wildman–Crippen LogP) is 2.43. The fraction of sp³-hybridized carbons (Fsp3) is 0.435. The van der Waals surface area contributed by atoms with Crippen molar-refractivity contribution in [2.24, 2.45) is 0 Å². The molecule has 5 rings (SSSR count). The first kappa shape index (κ1) is 21.7. The summed E-state index contributed by atoms with van der Waals surface area (Å²) >= 11 is 0. The van der Waals surface area contributed by atoms with E-state index in [2.05, 4.69) is 25.2 Å². The van der Waals surface area contributed by atoms with Crippen molar-refractivity contribution in [2.75, 3.05) is 42.1 Å². The van der Waals surface area contributed by atoms with Crippen molar-refractivity contribution >= 4 is 38.3 Å². The molecule has 1 saturated carbocycles.